The Kier molecular flexibility index (Phi) is 4.65. The normalized spacial score (nSPS) is 11.5. The van der Waals surface area contributed by atoms with Gasteiger partial charge < -0.3 is 9.47 Å². The monoisotopic (exact) mass is 255 g/mol. The highest BCUT2D eigenvalue weighted by atomic mass is 32.1. The molecule has 0 N–H and O–H groups in total. The lowest BCUT2D eigenvalue weighted by atomic mass is 10.4. The van der Waals surface area contributed by atoms with E-state index in [0.29, 0.717) is 0 Å². The number of hydrogen-bond acceptors (Lipinski definition) is 6. The molecule has 17 heavy (non-hydrogen) atoms. The zero-order valence-electron chi connectivity index (χ0n) is 9.28. The molecule has 0 amide bonds. The lowest BCUT2D eigenvalue weighted by Gasteiger charge is -2.01. The van der Waals surface area contributed by atoms with Crippen LogP contribution in [0.4, 0.5) is 0 Å². The number of methoxy groups -OCH3 is 2. The Morgan fingerprint density at radius 3 is 2.29 bits per heavy atom. The second-order valence-electron chi connectivity index (χ2n) is 2.82. The van der Waals surface area contributed by atoms with Gasteiger partial charge in [0, 0.05) is 6.07 Å². The highest BCUT2D eigenvalue weighted by molar-refractivity contribution is 7.85. The van der Waals surface area contributed by atoms with Crippen LogP contribution in [0.25, 0.3) is 5.70 Å². The number of hydrogen-bond donors (Lipinski definition) is 1. The largest absolute Gasteiger partial charge is 0.465 e. The van der Waals surface area contributed by atoms with E-state index in [9.17, 15) is 9.59 Å². The Labute approximate surface area is 103 Å². The molecular formula is C10H11N2O4S+. The van der Waals surface area contributed by atoms with Crippen molar-refractivity contribution in [3.8, 4) is 0 Å². The summed E-state index contributed by atoms with van der Waals surface area (Å²) in [5.41, 5.74) is -0.108. The van der Waals surface area contributed by atoms with Crippen LogP contribution in [-0.4, -0.2) is 31.3 Å². The third-order valence-corrected chi connectivity index (χ3v) is 2.22. The van der Waals surface area contributed by atoms with Gasteiger partial charge in [-0.25, -0.2) is 9.59 Å². The molecule has 90 valence electrons. The summed E-state index contributed by atoms with van der Waals surface area (Å²) in [7, 11) is 2.39. The molecule has 1 aromatic rings. The van der Waals surface area contributed by atoms with E-state index in [1.54, 1.807) is 12.1 Å². The molecule has 1 heterocycles. The van der Waals surface area contributed by atoms with Crippen molar-refractivity contribution in [2.75, 3.05) is 14.2 Å². The second-order valence-corrected chi connectivity index (χ2v) is 3.27. The minimum absolute atomic E-state index is 0.108. The van der Waals surface area contributed by atoms with Crippen LogP contribution in [0.5, 0.6) is 0 Å². The first-order valence-corrected chi connectivity index (χ1v) is 4.99. The van der Waals surface area contributed by atoms with Crippen LogP contribution in [0.3, 0.4) is 0 Å². The number of thiol groups is 1. The maximum atomic E-state index is 11.6. The number of ether oxygens (including phenoxy) is 2. The smallest absolute Gasteiger partial charge is 0.407 e. The lowest BCUT2D eigenvalue weighted by Crippen LogP contribution is -2.41. The third kappa shape index (κ3) is 3.04. The van der Waals surface area contributed by atoms with Gasteiger partial charge in [0.15, 0.2) is 4.91 Å². The van der Waals surface area contributed by atoms with Gasteiger partial charge in [0.1, 0.15) is 0 Å². The number of aromatic nitrogens is 2. The molecule has 0 aliphatic carbocycles. The van der Waals surface area contributed by atoms with Crippen LogP contribution in [-0.2, 0) is 19.1 Å². The molecule has 1 aromatic heterocycles. The molecular weight excluding hydrogens is 244 g/mol. The fourth-order valence-electron chi connectivity index (χ4n) is 1.05. The first-order valence-electron chi connectivity index (χ1n) is 4.55. The summed E-state index contributed by atoms with van der Waals surface area (Å²) in [6.45, 7) is 0. The number of rotatable bonds is 3. The van der Waals surface area contributed by atoms with Crippen molar-refractivity contribution in [1.29, 1.82) is 0 Å². The van der Waals surface area contributed by atoms with Crippen molar-refractivity contribution in [3.63, 3.8) is 0 Å². The van der Waals surface area contributed by atoms with E-state index in [2.05, 4.69) is 27.2 Å². The van der Waals surface area contributed by atoms with Crippen LogP contribution in [0.1, 0.15) is 0 Å². The van der Waals surface area contributed by atoms with E-state index >= 15 is 0 Å². The van der Waals surface area contributed by atoms with Gasteiger partial charge in [-0.3, -0.25) is 0 Å². The molecule has 6 nitrogen and oxygen atoms in total. The SMILES string of the molecule is COC(=O)C(S)=C(C(=O)OC)[n+]1ccccn1. The van der Waals surface area contributed by atoms with Crippen LogP contribution in [0, 0.1) is 0 Å². The highest BCUT2D eigenvalue weighted by Gasteiger charge is 2.30. The molecule has 0 spiro atoms. The van der Waals surface area contributed by atoms with Crippen LogP contribution in [0.2, 0.25) is 0 Å². The van der Waals surface area contributed by atoms with Gasteiger partial charge in [0.05, 0.1) is 20.4 Å². The van der Waals surface area contributed by atoms with E-state index in [4.69, 9.17) is 0 Å². The molecule has 0 bridgehead atoms. The van der Waals surface area contributed by atoms with E-state index in [0.717, 1.165) is 0 Å². The second kappa shape index (κ2) is 6.00. The van der Waals surface area contributed by atoms with E-state index < -0.39 is 11.9 Å². The molecule has 0 saturated heterocycles. The van der Waals surface area contributed by atoms with Crippen molar-refractivity contribution >= 4 is 30.3 Å². The Bertz CT molecular complexity index is 459. The summed E-state index contributed by atoms with van der Waals surface area (Å²) in [6.07, 6.45) is 2.95. The number of carbonyl (C=O) groups is 2. The topological polar surface area (TPSA) is 69.4 Å². The van der Waals surface area contributed by atoms with Gasteiger partial charge in [-0.15, -0.1) is 12.6 Å². The fraction of sp³-hybridized carbons (Fsp3) is 0.200. The number of carbonyl (C=O) groups excluding carboxylic acids is 2. The first kappa shape index (κ1) is 13.2. The van der Waals surface area contributed by atoms with Gasteiger partial charge >= 0.3 is 17.6 Å². The molecule has 0 atom stereocenters. The zero-order chi connectivity index (χ0) is 12.8. The molecule has 0 aromatic carbocycles. The highest BCUT2D eigenvalue weighted by Crippen LogP contribution is 2.11. The molecule has 0 radical (unpaired) electrons. The van der Waals surface area contributed by atoms with Crippen LogP contribution < -0.4 is 4.68 Å². The van der Waals surface area contributed by atoms with E-state index in [-0.39, 0.29) is 10.6 Å². The quantitative estimate of drug-likeness (QED) is 0.351. The molecule has 0 unspecified atom stereocenters. The van der Waals surface area contributed by atoms with E-state index in [1.165, 1.54) is 31.3 Å². The van der Waals surface area contributed by atoms with Crippen LogP contribution in [0.15, 0.2) is 29.4 Å². The van der Waals surface area contributed by atoms with Crippen molar-refractivity contribution in [2.45, 2.75) is 0 Å². The molecule has 0 saturated carbocycles. The average molecular weight is 255 g/mol. The van der Waals surface area contributed by atoms with Gasteiger partial charge in [0.25, 0.3) is 0 Å². The minimum Gasteiger partial charge on any atom is -0.465 e. The summed E-state index contributed by atoms with van der Waals surface area (Å²) in [5.74, 6) is -1.48. The average Bonchev–Trinajstić information content (AvgIpc) is 2.38. The summed E-state index contributed by atoms with van der Waals surface area (Å²) in [6, 6.07) is 3.32. The van der Waals surface area contributed by atoms with Gasteiger partial charge in [-0.1, -0.05) is 0 Å². The summed E-state index contributed by atoms with van der Waals surface area (Å²) in [5, 5.41) is 3.89. The molecule has 0 aliphatic rings. The van der Waals surface area contributed by atoms with Gasteiger partial charge in [0.2, 0.25) is 6.20 Å². The standard InChI is InChI=1S/C10H10N2O4S/c1-15-9(13)7(8(17)10(14)16-2)12-6-4-3-5-11-12/h3-6H,1-2H3/p+1. The Morgan fingerprint density at radius 1 is 1.18 bits per heavy atom. The summed E-state index contributed by atoms with van der Waals surface area (Å²) in [4.78, 5) is 22.7. The number of esters is 2. The molecule has 1 rings (SSSR count). The Hall–Kier alpha value is -1.89. The summed E-state index contributed by atoms with van der Waals surface area (Å²) < 4.78 is 10.2. The van der Waals surface area contributed by atoms with Crippen molar-refractivity contribution in [3.05, 3.63) is 29.4 Å². The van der Waals surface area contributed by atoms with E-state index in [1.807, 2.05) is 0 Å². The van der Waals surface area contributed by atoms with Gasteiger partial charge in [-0.05, 0) is 15.8 Å². The van der Waals surface area contributed by atoms with Crippen molar-refractivity contribution < 1.29 is 23.7 Å². The maximum absolute atomic E-state index is 11.6. The van der Waals surface area contributed by atoms with Crippen LogP contribution >= 0.6 is 12.6 Å². The fourth-order valence-corrected chi connectivity index (χ4v) is 1.34. The lowest BCUT2D eigenvalue weighted by molar-refractivity contribution is -0.643. The zero-order valence-corrected chi connectivity index (χ0v) is 10.2. The number of nitrogens with zero attached hydrogens (tertiary/aromatic N) is 2. The maximum Gasteiger partial charge on any atom is 0.407 e. The third-order valence-electron chi connectivity index (χ3n) is 1.83. The van der Waals surface area contributed by atoms with Crippen molar-refractivity contribution in [1.82, 2.24) is 5.10 Å². The van der Waals surface area contributed by atoms with Crippen molar-refractivity contribution in [2.24, 2.45) is 0 Å². The van der Waals surface area contributed by atoms with Gasteiger partial charge in [-0.2, -0.15) is 0 Å². The Balaban J connectivity index is 3.32. The first-order chi connectivity index (χ1) is 8.11. The predicted octanol–water partition coefficient (Wildman–Crippen LogP) is -0.187. The summed E-state index contributed by atoms with van der Waals surface area (Å²) >= 11 is 3.95. The molecule has 0 fully saturated rings. The Morgan fingerprint density at radius 2 is 1.82 bits per heavy atom. The minimum atomic E-state index is -0.744. The molecule has 7 heteroatoms. The molecule has 0 aliphatic heterocycles. The predicted molar refractivity (Wildman–Crippen MR) is 60.7 cm³/mol.